The van der Waals surface area contributed by atoms with Crippen LogP contribution >= 0.6 is 27.3 Å². The summed E-state index contributed by atoms with van der Waals surface area (Å²) in [7, 11) is 1.65. The van der Waals surface area contributed by atoms with E-state index in [1.54, 1.807) is 24.5 Å². The van der Waals surface area contributed by atoms with Crippen LogP contribution in [0.4, 0.5) is 4.39 Å². The van der Waals surface area contributed by atoms with Gasteiger partial charge in [-0.25, -0.2) is 4.39 Å². The van der Waals surface area contributed by atoms with Crippen LogP contribution in [0.5, 0.6) is 5.75 Å². The summed E-state index contributed by atoms with van der Waals surface area (Å²) >= 11 is 4.98. The fraction of sp³-hybridized carbons (Fsp3) is 0.333. The molecule has 2 rings (SSSR count). The highest BCUT2D eigenvalue weighted by atomic mass is 79.9. The molecule has 2 aromatic rings. The maximum atomic E-state index is 14.0. The van der Waals surface area contributed by atoms with Crippen molar-refractivity contribution in [2.45, 2.75) is 13.2 Å². The van der Waals surface area contributed by atoms with Crippen molar-refractivity contribution in [1.82, 2.24) is 5.32 Å². The Morgan fingerprint density at radius 1 is 1.29 bits per heavy atom. The van der Waals surface area contributed by atoms with E-state index in [1.165, 1.54) is 6.07 Å². The molecule has 21 heavy (non-hydrogen) atoms. The molecular formula is C15H17BrFNO2S. The van der Waals surface area contributed by atoms with Gasteiger partial charge in [-0.2, -0.15) is 0 Å². The second-order valence-corrected chi connectivity index (χ2v) is 6.94. The maximum Gasteiger partial charge on any atom is 0.165 e. The summed E-state index contributed by atoms with van der Waals surface area (Å²) in [5, 5.41) is 3.20. The largest absolute Gasteiger partial charge is 0.485 e. The van der Waals surface area contributed by atoms with Gasteiger partial charge in [-0.15, -0.1) is 11.3 Å². The highest BCUT2D eigenvalue weighted by molar-refractivity contribution is 9.11. The first-order valence-electron chi connectivity index (χ1n) is 6.54. The highest BCUT2D eigenvalue weighted by Crippen LogP contribution is 2.27. The van der Waals surface area contributed by atoms with Gasteiger partial charge in [-0.3, -0.25) is 0 Å². The van der Waals surface area contributed by atoms with Crippen LogP contribution < -0.4 is 10.1 Å². The van der Waals surface area contributed by atoms with E-state index in [2.05, 4.69) is 21.2 Å². The molecule has 0 spiro atoms. The van der Waals surface area contributed by atoms with Crippen molar-refractivity contribution in [2.75, 3.05) is 20.3 Å². The van der Waals surface area contributed by atoms with E-state index in [9.17, 15) is 4.39 Å². The molecule has 6 heteroatoms. The summed E-state index contributed by atoms with van der Waals surface area (Å²) in [5.74, 6) is -0.0244. The van der Waals surface area contributed by atoms with Crippen LogP contribution in [0.3, 0.4) is 0 Å². The minimum absolute atomic E-state index is 0.312. The standard InChI is InChI=1S/C15H17BrFNO2S/c1-19-8-7-18-9-11-3-2-4-13(17)15(11)20-10-12-5-6-14(16)21-12/h2-6,18H,7-10H2,1H3. The Kier molecular flexibility index (Phi) is 6.63. The van der Waals surface area contributed by atoms with E-state index >= 15 is 0 Å². The molecule has 0 aliphatic rings. The van der Waals surface area contributed by atoms with Gasteiger partial charge >= 0.3 is 0 Å². The molecule has 114 valence electrons. The van der Waals surface area contributed by atoms with E-state index in [0.29, 0.717) is 32.1 Å². The number of nitrogens with one attached hydrogen (secondary N) is 1. The van der Waals surface area contributed by atoms with E-state index in [4.69, 9.17) is 9.47 Å². The minimum Gasteiger partial charge on any atom is -0.485 e. The molecule has 0 bridgehead atoms. The molecule has 0 atom stereocenters. The van der Waals surface area contributed by atoms with Crippen molar-refractivity contribution in [2.24, 2.45) is 0 Å². The van der Waals surface area contributed by atoms with Gasteiger partial charge in [-0.1, -0.05) is 12.1 Å². The van der Waals surface area contributed by atoms with Gasteiger partial charge in [0.1, 0.15) is 6.61 Å². The molecule has 0 saturated heterocycles. The van der Waals surface area contributed by atoms with E-state index in [-0.39, 0.29) is 5.82 Å². The number of rotatable bonds is 8. The molecule has 0 amide bonds. The zero-order valence-corrected chi connectivity index (χ0v) is 14.1. The van der Waals surface area contributed by atoms with Gasteiger partial charge < -0.3 is 14.8 Å². The highest BCUT2D eigenvalue weighted by Gasteiger charge is 2.10. The Hall–Kier alpha value is -0.950. The van der Waals surface area contributed by atoms with E-state index in [0.717, 1.165) is 14.2 Å². The van der Waals surface area contributed by atoms with Crippen LogP contribution in [-0.4, -0.2) is 20.3 Å². The molecule has 0 aliphatic carbocycles. The van der Waals surface area contributed by atoms with Crippen LogP contribution in [0, 0.1) is 5.82 Å². The molecule has 1 N–H and O–H groups in total. The van der Waals surface area contributed by atoms with Crippen molar-refractivity contribution < 1.29 is 13.9 Å². The maximum absolute atomic E-state index is 14.0. The Balaban J connectivity index is 1.99. The van der Waals surface area contributed by atoms with Crippen LogP contribution in [0.15, 0.2) is 34.1 Å². The monoisotopic (exact) mass is 373 g/mol. The SMILES string of the molecule is COCCNCc1cccc(F)c1OCc1ccc(Br)s1. The van der Waals surface area contributed by atoms with E-state index in [1.807, 2.05) is 18.2 Å². The first-order chi connectivity index (χ1) is 10.2. The van der Waals surface area contributed by atoms with Crippen molar-refractivity contribution >= 4 is 27.3 Å². The quantitative estimate of drug-likeness (QED) is 0.710. The van der Waals surface area contributed by atoms with Crippen molar-refractivity contribution in [3.8, 4) is 5.75 Å². The molecule has 0 fully saturated rings. The lowest BCUT2D eigenvalue weighted by atomic mass is 10.2. The van der Waals surface area contributed by atoms with Crippen LogP contribution in [-0.2, 0) is 17.9 Å². The number of hydrogen-bond acceptors (Lipinski definition) is 4. The molecule has 0 unspecified atom stereocenters. The average Bonchev–Trinajstić information content (AvgIpc) is 2.88. The lowest BCUT2D eigenvalue weighted by molar-refractivity contribution is 0.199. The first-order valence-corrected chi connectivity index (χ1v) is 8.15. The molecule has 1 heterocycles. The van der Waals surface area contributed by atoms with Crippen molar-refractivity contribution in [1.29, 1.82) is 0 Å². The van der Waals surface area contributed by atoms with Gasteiger partial charge in [0, 0.05) is 30.6 Å². The number of thiophene rings is 1. The fourth-order valence-electron chi connectivity index (χ4n) is 1.82. The first kappa shape index (κ1) is 16.4. The Morgan fingerprint density at radius 2 is 2.14 bits per heavy atom. The minimum atomic E-state index is -0.336. The Morgan fingerprint density at radius 3 is 2.86 bits per heavy atom. The third-order valence-corrected chi connectivity index (χ3v) is 4.43. The molecule has 0 radical (unpaired) electrons. The molecular weight excluding hydrogens is 357 g/mol. The van der Waals surface area contributed by atoms with Gasteiger partial charge in [0.25, 0.3) is 0 Å². The van der Waals surface area contributed by atoms with Crippen molar-refractivity contribution in [3.63, 3.8) is 0 Å². The number of methoxy groups -OCH3 is 1. The number of halogens is 2. The van der Waals surface area contributed by atoms with Gasteiger partial charge in [0.05, 0.1) is 10.4 Å². The smallest absolute Gasteiger partial charge is 0.165 e. The van der Waals surface area contributed by atoms with E-state index < -0.39 is 0 Å². The third-order valence-electron chi connectivity index (χ3n) is 2.83. The van der Waals surface area contributed by atoms with Crippen LogP contribution in [0.1, 0.15) is 10.4 Å². The summed E-state index contributed by atoms with van der Waals surface area (Å²) in [6, 6.07) is 8.89. The molecule has 3 nitrogen and oxygen atoms in total. The molecule has 1 aromatic heterocycles. The number of para-hydroxylation sites is 1. The number of benzene rings is 1. The predicted octanol–water partition coefficient (Wildman–Crippen LogP) is 3.96. The second kappa shape index (κ2) is 8.48. The van der Waals surface area contributed by atoms with Gasteiger partial charge in [0.2, 0.25) is 0 Å². The summed E-state index contributed by atoms with van der Waals surface area (Å²) < 4.78 is 25.6. The topological polar surface area (TPSA) is 30.5 Å². The second-order valence-electron chi connectivity index (χ2n) is 4.39. The zero-order chi connectivity index (χ0) is 15.1. The lowest BCUT2D eigenvalue weighted by Gasteiger charge is -2.12. The van der Waals surface area contributed by atoms with Crippen LogP contribution in [0.25, 0.3) is 0 Å². The third kappa shape index (κ3) is 5.07. The molecule has 0 aliphatic heterocycles. The lowest BCUT2D eigenvalue weighted by Crippen LogP contribution is -2.19. The number of ether oxygens (including phenoxy) is 2. The molecule has 1 aromatic carbocycles. The summed E-state index contributed by atoms with van der Waals surface area (Å²) in [6.45, 7) is 2.24. The van der Waals surface area contributed by atoms with Gasteiger partial charge in [-0.05, 0) is 34.1 Å². The summed E-state index contributed by atoms with van der Waals surface area (Å²) in [4.78, 5) is 1.04. The Labute approximate surface area is 136 Å². The number of hydrogen-bond donors (Lipinski definition) is 1. The fourth-order valence-corrected chi connectivity index (χ4v) is 3.22. The summed E-state index contributed by atoms with van der Waals surface area (Å²) in [6.07, 6.45) is 0. The van der Waals surface area contributed by atoms with Crippen LogP contribution in [0.2, 0.25) is 0 Å². The Bertz CT molecular complexity index is 577. The predicted molar refractivity (Wildman–Crippen MR) is 86.3 cm³/mol. The van der Waals surface area contributed by atoms with Crippen molar-refractivity contribution in [3.05, 3.63) is 50.4 Å². The summed E-state index contributed by atoms with van der Waals surface area (Å²) in [5.41, 5.74) is 0.807. The van der Waals surface area contributed by atoms with Gasteiger partial charge in [0.15, 0.2) is 11.6 Å². The zero-order valence-electron chi connectivity index (χ0n) is 11.7. The molecule has 0 saturated carbocycles. The normalized spacial score (nSPS) is 10.8. The average molecular weight is 374 g/mol.